The highest BCUT2D eigenvalue weighted by Crippen LogP contribution is 2.11. The lowest BCUT2D eigenvalue weighted by Crippen LogP contribution is -2.41. The van der Waals surface area contributed by atoms with Crippen LogP contribution in [0, 0.1) is 0 Å². The Hall–Kier alpha value is -3.12. The number of para-hydroxylation sites is 1. The SMILES string of the molecule is O=C(Nc1cnn(-c2ccccc2)c1)N[C@@H](CO)Cc1ccccc1. The molecule has 1 aromatic heterocycles. The van der Waals surface area contributed by atoms with Crippen molar-refractivity contribution in [3.63, 3.8) is 0 Å². The monoisotopic (exact) mass is 336 g/mol. The molecule has 0 spiro atoms. The number of benzene rings is 2. The zero-order valence-corrected chi connectivity index (χ0v) is 13.7. The van der Waals surface area contributed by atoms with Gasteiger partial charge in [0.15, 0.2) is 0 Å². The van der Waals surface area contributed by atoms with Gasteiger partial charge in [-0.2, -0.15) is 5.10 Å². The van der Waals surface area contributed by atoms with Gasteiger partial charge < -0.3 is 15.7 Å². The molecule has 0 unspecified atom stereocenters. The van der Waals surface area contributed by atoms with Crippen LogP contribution in [-0.2, 0) is 6.42 Å². The number of nitrogens with one attached hydrogen (secondary N) is 2. The van der Waals surface area contributed by atoms with Gasteiger partial charge >= 0.3 is 6.03 Å². The number of anilines is 1. The molecule has 6 nitrogen and oxygen atoms in total. The number of rotatable bonds is 6. The third-order valence-corrected chi connectivity index (χ3v) is 3.74. The van der Waals surface area contributed by atoms with Gasteiger partial charge in [0.05, 0.1) is 36.4 Å². The van der Waals surface area contributed by atoms with E-state index < -0.39 is 0 Å². The Morgan fingerprint density at radius 1 is 1.08 bits per heavy atom. The smallest absolute Gasteiger partial charge is 0.319 e. The number of amides is 2. The summed E-state index contributed by atoms with van der Waals surface area (Å²) in [5.41, 5.74) is 2.55. The van der Waals surface area contributed by atoms with E-state index in [-0.39, 0.29) is 18.7 Å². The number of hydrogen-bond donors (Lipinski definition) is 3. The fraction of sp³-hybridized carbons (Fsp3) is 0.158. The van der Waals surface area contributed by atoms with Crippen LogP contribution in [0.5, 0.6) is 0 Å². The summed E-state index contributed by atoms with van der Waals surface area (Å²) in [6, 6.07) is 18.6. The Morgan fingerprint density at radius 2 is 1.76 bits per heavy atom. The number of nitrogens with zero attached hydrogens (tertiary/aromatic N) is 2. The number of aromatic nitrogens is 2. The number of urea groups is 1. The van der Waals surface area contributed by atoms with Crippen molar-refractivity contribution in [2.24, 2.45) is 0 Å². The highest BCUT2D eigenvalue weighted by atomic mass is 16.3. The molecule has 1 heterocycles. The van der Waals surface area contributed by atoms with Gasteiger partial charge in [0, 0.05) is 0 Å². The van der Waals surface area contributed by atoms with E-state index in [1.54, 1.807) is 17.1 Å². The maximum Gasteiger partial charge on any atom is 0.319 e. The Morgan fingerprint density at radius 3 is 2.44 bits per heavy atom. The second kappa shape index (κ2) is 8.12. The minimum absolute atomic E-state index is 0.133. The summed E-state index contributed by atoms with van der Waals surface area (Å²) in [6.45, 7) is -0.133. The van der Waals surface area contributed by atoms with Gasteiger partial charge in [-0.25, -0.2) is 9.48 Å². The quantitative estimate of drug-likeness (QED) is 0.647. The lowest BCUT2D eigenvalue weighted by Gasteiger charge is -2.16. The van der Waals surface area contributed by atoms with Crippen molar-refractivity contribution < 1.29 is 9.90 Å². The third kappa shape index (κ3) is 4.68. The average Bonchev–Trinajstić information content (AvgIpc) is 3.11. The molecule has 2 amide bonds. The summed E-state index contributed by atoms with van der Waals surface area (Å²) >= 11 is 0. The summed E-state index contributed by atoms with van der Waals surface area (Å²) < 4.78 is 1.68. The molecular weight excluding hydrogens is 316 g/mol. The van der Waals surface area contributed by atoms with Crippen LogP contribution < -0.4 is 10.6 Å². The van der Waals surface area contributed by atoms with E-state index in [1.807, 2.05) is 60.7 Å². The lowest BCUT2D eigenvalue weighted by molar-refractivity contribution is 0.224. The molecule has 2 aromatic carbocycles. The molecule has 3 aromatic rings. The first kappa shape index (κ1) is 16.7. The van der Waals surface area contributed by atoms with Gasteiger partial charge in [0.1, 0.15) is 0 Å². The third-order valence-electron chi connectivity index (χ3n) is 3.74. The van der Waals surface area contributed by atoms with Crippen LogP contribution in [0.1, 0.15) is 5.56 Å². The highest BCUT2D eigenvalue weighted by Gasteiger charge is 2.13. The summed E-state index contributed by atoms with van der Waals surface area (Å²) in [5, 5.41) is 19.2. The molecule has 3 N–H and O–H groups in total. The molecule has 128 valence electrons. The molecule has 1 atom stereocenters. The normalized spacial score (nSPS) is 11.7. The second-order valence-corrected chi connectivity index (χ2v) is 5.68. The topological polar surface area (TPSA) is 79.2 Å². The largest absolute Gasteiger partial charge is 0.394 e. The Bertz CT molecular complexity index is 803. The summed E-state index contributed by atoms with van der Waals surface area (Å²) in [5.74, 6) is 0. The lowest BCUT2D eigenvalue weighted by atomic mass is 10.1. The van der Waals surface area contributed by atoms with E-state index in [0.717, 1.165) is 11.3 Å². The van der Waals surface area contributed by atoms with E-state index >= 15 is 0 Å². The first-order chi connectivity index (χ1) is 12.2. The maximum absolute atomic E-state index is 12.1. The van der Waals surface area contributed by atoms with Crippen LogP contribution in [0.25, 0.3) is 5.69 Å². The van der Waals surface area contributed by atoms with Gasteiger partial charge in [-0.3, -0.25) is 0 Å². The average molecular weight is 336 g/mol. The van der Waals surface area contributed by atoms with Crippen LogP contribution in [0.3, 0.4) is 0 Å². The molecule has 0 aliphatic rings. The van der Waals surface area contributed by atoms with Crippen molar-refractivity contribution in [3.05, 3.63) is 78.6 Å². The van der Waals surface area contributed by atoms with Crippen LogP contribution in [0.4, 0.5) is 10.5 Å². The highest BCUT2D eigenvalue weighted by molar-refractivity contribution is 5.89. The molecule has 0 saturated heterocycles. The molecule has 0 bridgehead atoms. The first-order valence-corrected chi connectivity index (χ1v) is 8.07. The van der Waals surface area contributed by atoms with Crippen LogP contribution in [0.15, 0.2) is 73.1 Å². The van der Waals surface area contributed by atoms with Crippen molar-refractivity contribution in [2.75, 3.05) is 11.9 Å². The maximum atomic E-state index is 12.1. The number of carbonyl (C=O) groups excluding carboxylic acids is 1. The van der Waals surface area contributed by atoms with Crippen molar-refractivity contribution in [2.45, 2.75) is 12.5 Å². The second-order valence-electron chi connectivity index (χ2n) is 5.68. The zero-order chi connectivity index (χ0) is 17.5. The number of carbonyl (C=O) groups is 1. The standard InChI is InChI=1S/C19H20N4O2/c24-14-16(11-15-7-3-1-4-8-15)21-19(25)22-17-12-20-23(13-17)18-9-5-2-6-10-18/h1-10,12-13,16,24H,11,14H2,(H2,21,22,25)/t16-/m1/s1. The fourth-order valence-electron chi connectivity index (χ4n) is 2.52. The number of hydrogen-bond acceptors (Lipinski definition) is 3. The van der Waals surface area contributed by atoms with Gasteiger partial charge in [-0.05, 0) is 24.1 Å². The molecule has 6 heteroatoms. The first-order valence-electron chi connectivity index (χ1n) is 8.07. The van der Waals surface area contributed by atoms with E-state index in [1.165, 1.54) is 0 Å². The molecule has 0 radical (unpaired) electrons. The van der Waals surface area contributed by atoms with Crippen molar-refractivity contribution >= 4 is 11.7 Å². The van der Waals surface area contributed by atoms with Crippen molar-refractivity contribution in [3.8, 4) is 5.69 Å². The van der Waals surface area contributed by atoms with Gasteiger partial charge in [0.25, 0.3) is 0 Å². The van der Waals surface area contributed by atoms with Crippen LogP contribution in [-0.4, -0.2) is 33.6 Å². The van der Waals surface area contributed by atoms with E-state index in [0.29, 0.717) is 12.1 Å². The molecule has 3 rings (SSSR count). The fourth-order valence-corrected chi connectivity index (χ4v) is 2.52. The predicted octanol–water partition coefficient (Wildman–Crippen LogP) is 2.60. The zero-order valence-electron chi connectivity index (χ0n) is 13.7. The molecule has 0 fully saturated rings. The number of aliphatic hydroxyl groups is 1. The van der Waals surface area contributed by atoms with E-state index in [4.69, 9.17) is 0 Å². The molecule has 25 heavy (non-hydrogen) atoms. The predicted molar refractivity (Wildman–Crippen MR) is 96.7 cm³/mol. The molecular formula is C19H20N4O2. The molecule has 0 aliphatic carbocycles. The summed E-state index contributed by atoms with van der Waals surface area (Å²) in [6.07, 6.45) is 3.88. The van der Waals surface area contributed by atoms with Crippen LogP contribution >= 0.6 is 0 Å². The van der Waals surface area contributed by atoms with Gasteiger partial charge in [0.2, 0.25) is 0 Å². The Kier molecular flexibility index (Phi) is 5.43. The number of aliphatic hydroxyl groups excluding tert-OH is 1. The van der Waals surface area contributed by atoms with Crippen molar-refractivity contribution in [1.29, 1.82) is 0 Å². The molecule has 0 saturated carbocycles. The van der Waals surface area contributed by atoms with Gasteiger partial charge in [-0.1, -0.05) is 48.5 Å². The minimum atomic E-state index is -0.373. The molecule has 0 aliphatic heterocycles. The summed E-state index contributed by atoms with van der Waals surface area (Å²) in [7, 11) is 0. The van der Waals surface area contributed by atoms with E-state index in [2.05, 4.69) is 15.7 Å². The summed E-state index contributed by atoms with van der Waals surface area (Å²) in [4.78, 5) is 12.1. The Balaban J connectivity index is 1.57. The minimum Gasteiger partial charge on any atom is -0.394 e. The van der Waals surface area contributed by atoms with Crippen molar-refractivity contribution in [1.82, 2.24) is 15.1 Å². The van der Waals surface area contributed by atoms with Gasteiger partial charge in [-0.15, -0.1) is 0 Å². The van der Waals surface area contributed by atoms with E-state index in [9.17, 15) is 9.90 Å². The Labute approximate surface area is 146 Å². The van der Waals surface area contributed by atoms with Crippen LogP contribution in [0.2, 0.25) is 0 Å².